The van der Waals surface area contributed by atoms with Gasteiger partial charge in [0.1, 0.15) is 29.6 Å². The van der Waals surface area contributed by atoms with Crippen molar-refractivity contribution in [2.75, 3.05) is 23.4 Å². The molecule has 2 aromatic carbocycles. The quantitative estimate of drug-likeness (QED) is 0.871. The Kier molecular flexibility index (Phi) is 6.05. The molecule has 2 aromatic rings. The summed E-state index contributed by atoms with van der Waals surface area (Å²) in [6.07, 6.45) is 0. The van der Waals surface area contributed by atoms with Crippen LogP contribution < -0.4 is 15.0 Å². The molecule has 0 saturated carbocycles. The summed E-state index contributed by atoms with van der Waals surface area (Å²) in [7, 11) is 0. The van der Waals surface area contributed by atoms with Gasteiger partial charge >= 0.3 is 0 Å². The van der Waals surface area contributed by atoms with Crippen LogP contribution in [0.3, 0.4) is 0 Å². The zero-order valence-electron chi connectivity index (χ0n) is 13.9. The molecule has 0 aromatic heterocycles. The Hall–Kier alpha value is -2.96. The molecule has 0 heterocycles. The van der Waals surface area contributed by atoms with Gasteiger partial charge in [-0.25, -0.2) is 8.78 Å². The third-order valence-corrected chi connectivity index (χ3v) is 3.35. The lowest BCUT2D eigenvalue weighted by Gasteiger charge is -2.22. The van der Waals surface area contributed by atoms with Crippen molar-refractivity contribution in [2.24, 2.45) is 0 Å². The van der Waals surface area contributed by atoms with Crippen molar-refractivity contribution in [2.45, 2.75) is 13.8 Å². The number of nitrogens with zero attached hydrogens (tertiary/aromatic N) is 1. The number of rotatable bonds is 6. The van der Waals surface area contributed by atoms with Gasteiger partial charge in [0.25, 0.3) is 0 Å². The molecule has 2 amide bonds. The summed E-state index contributed by atoms with van der Waals surface area (Å²) in [4.78, 5) is 24.8. The minimum Gasteiger partial charge on any atom is -0.492 e. The highest BCUT2D eigenvalue weighted by molar-refractivity contribution is 6.02. The van der Waals surface area contributed by atoms with Crippen LogP contribution in [0, 0.1) is 11.6 Å². The summed E-state index contributed by atoms with van der Waals surface area (Å²) >= 11 is 0. The molecule has 0 radical (unpaired) electrons. The number of benzene rings is 2. The third-order valence-electron chi connectivity index (χ3n) is 3.35. The lowest BCUT2D eigenvalue weighted by molar-refractivity contribution is -0.120. The molecule has 0 aliphatic carbocycles. The second kappa shape index (κ2) is 8.23. The summed E-state index contributed by atoms with van der Waals surface area (Å²) in [6.45, 7) is 2.81. The summed E-state index contributed by atoms with van der Waals surface area (Å²) in [5.41, 5.74) is -0.143. The van der Waals surface area contributed by atoms with Crippen molar-refractivity contribution in [3.05, 3.63) is 54.1 Å². The Labute approximate surface area is 144 Å². The van der Waals surface area contributed by atoms with Gasteiger partial charge in [0, 0.05) is 6.92 Å². The SMILES string of the molecule is CCOc1ccccc1NC(=O)CN(C(C)=O)c1c(F)cccc1F. The van der Waals surface area contributed by atoms with Gasteiger partial charge in [0.15, 0.2) is 0 Å². The van der Waals surface area contributed by atoms with E-state index in [-0.39, 0.29) is 0 Å². The van der Waals surface area contributed by atoms with E-state index in [1.54, 1.807) is 31.2 Å². The topological polar surface area (TPSA) is 58.6 Å². The monoisotopic (exact) mass is 348 g/mol. The van der Waals surface area contributed by atoms with E-state index in [1.807, 2.05) is 0 Å². The molecule has 0 aliphatic rings. The Morgan fingerprint density at radius 3 is 2.32 bits per heavy atom. The number of nitrogens with one attached hydrogen (secondary N) is 1. The van der Waals surface area contributed by atoms with Crippen molar-refractivity contribution >= 4 is 23.2 Å². The lowest BCUT2D eigenvalue weighted by Crippen LogP contribution is -2.37. The van der Waals surface area contributed by atoms with Gasteiger partial charge < -0.3 is 10.1 Å². The summed E-state index contributed by atoms with van der Waals surface area (Å²) in [5, 5.41) is 2.59. The standard InChI is InChI=1S/C18H18F2N2O3/c1-3-25-16-10-5-4-9-15(16)21-17(24)11-22(12(2)23)18-13(19)7-6-8-14(18)20/h4-10H,3,11H2,1-2H3,(H,21,24). The first-order valence-corrected chi connectivity index (χ1v) is 7.67. The lowest BCUT2D eigenvalue weighted by atomic mass is 10.2. The molecule has 0 bridgehead atoms. The molecule has 0 atom stereocenters. The summed E-state index contributed by atoms with van der Waals surface area (Å²) in [6, 6.07) is 10.00. The van der Waals surface area contributed by atoms with Crippen LogP contribution in [0.25, 0.3) is 0 Å². The molecular formula is C18H18F2N2O3. The predicted octanol–water partition coefficient (Wildman–Crippen LogP) is 3.36. The van der Waals surface area contributed by atoms with Crippen LogP contribution in [0.5, 0.6) is 5.75 Å². The Morgan fingerprint density at radius 2 is 1.72 bits per heavy atom. The number of para-hydroxylation sites is 3. The number of halogens is 2. The molecule has 132 valence electrons. The summed E-state index contributed by atoms with van der Waals surface area (Å²) in [5.74, 6) is -2.64. The molecule has 1 N–H and O–H groups in total. The molecule has 0 aliphatic heterocycles. The van der Waals surface area contributed by atoms with Crippen molar-refractivity contribution in [3.8, 4) is 5.75 Å². The Balaban J connectivity index is 2.21. The molecular weight excluding hydrogens is 330 g/mol. The average Bonchev–Trinajstić information content (AvgIpc) is 2.55. The molecule has 0 saturated heterocycles. The molecule has 2 rings (SSSR count). The number of carbonyl (C=O) groups is 2. The summed E-state index contributed by atoms with van der Waals surface area (Å²) < 4.78 is 33.2. The first-order chi connectivity index (χ1) is 11.9. The van der Waals surface area contributed by atoms with E-state index in [0.29, 0.717) is 18.0 Å². The number of carbonyl (C=O) groups excluding carboxylic acids is 2. The first-order valence-electron chi connectivity index (χ1n) is 7.67. The molecule has 0 fully saturated rings. The number of amides is 2. The fourth-order valence-corrected chi connectivity index (χ4v) is 2.28. The zero-order valence-corrected chi connectivity index (χ0v) is 13.9. The van der Waals surface area contributed by atoms with Crippen molar-refractivity contribution < 1.29 is 23.1 Å². The minimum atomic E-state index is -0.919. The largest absolute Gasteiger partial charge is 0.492 e. The Bertz CT molecular complexity index is 760. The zero-order chi connectivity index (χ0) is 18.4. The van der Waals surface area contributed by atoms with Gasteiger partial charge in [-0.1, -0.05) is 18.2 Å². The number of ether oxygens (including phenoxy) is 1. The molecule has 25 heavy (non-hydrogen) atoms. The fraction of sp³-hybridized carbons (Fsp3) is 0.222. The minimum absolute atomic E-state index is 0.409. The van der Waals surface area contributed by atoms with E-state index < -0.39 is 35.7 Å². The van der Waals surface area contributed by atoms with Crippen molar-refractivity contribution in [1.82, 2.24) is 0 Å². The number of hydrogen-bond acceptors (Lipinski definition) is 3. The first kappa shape index (κ1) is 18.4. The van der Waals surface area contributed by atoms with Crippen molar-refractivity contribution in [3.63, 3.8) is 0 Å². The van der Waals surface area contributed by atoms with Gasteiger partial charge in [-0.3, -0.25) is 14.5 Å². The predicted molar refractivity (Wildman–Crippen MR) is 90.6 cm³/mol. The van der Waals surface area contributed by atoms with Crippen LogP contribution in [0.1, 0.15) is 13.8 Å². The van der Waals surface area contributed by atoms with Crippen LogP contribution in [-0.4, -0.2) is 25.0 Å². The van der Waals surface area contributed by atoms with Gasteiger partial charge in [-0.2, -0.15) is 0 Å². The highest BCUT2D eigenvalue weighted by atomic mass is 19.1. The molecule has 5 nitrogen and oxygen atoms in total. The maximum Gasteiger partial charge on any atom is 0.244 e. The van der Waals surface area contributed by atoms with Crippen LogP contribution >= 0.6 is 0 Å². The van der Waals surface area contributed by atoms with Gasteiger partial charge in [0.05, 0.1) is 12.3 Å². The van der Waals surface area contributed by atoms with E-state index in [9.17, 15) is 18.4 Å². The van der Waals surface area contributed by atoms with Crippen LogP contribution in [0.15, 0.2) is 42.5 Å². The van der Waals surface area contributed by atoms with Gasteiger partial charge in [0.2, 0.25) is 11.8 Å². The normalized spacial score (nSPS) is 10.2. The van der Waals surface area contributed by atoms with E-state index in [2.05, 4.69) is 5.32 Å². The van der Waals surface area contributed by atoms with Crippen LogP contribution in [0.2, 0.25) is 0 Å². The second-order valence-corrected chi connectivity index (χ2v) is 5.15. The fourth-order valence-electron chi connectivity index (χ4n) is 2.28. The highest BCUT2D eigenvalue weighted by Gasteiger charge is 2.23. The maximum absolute atomic E-state index is 13.9. The third kappa shape index (κ3) is 4.53. The van der Waals surface area contributed by atoms with Crippen LogP contribution in [0.4, 0.5) is 20.2 Å². The maximum atomic E-state index is 13.9. The van der Waals surface area contributed by atoms with E-state index in [1.165, 1.54) is 6.07 Å². The second-order valence-electron chi connectivity index (χ2n) is 5.15. The van der Waals surface area contributed by atoms with Crippen molar-refractivity contribution in [1.29, 1.82) is 0 Å². The molecule has 0 unspecified atom stereocenters. The van der Waals surface area contributed by atoms with Gasteiger partial charge in [-0.15, -0.1) is 0 Å². The number of hydrogen-bond donors (Lipinski definition) is 1. The van der Waals surface area contributed by atoms with Crippen LogP contribution in [-0.2, 0) is 9.59 Å². The Morgan fingerprint density at radius 1 is 1.08 bits per heavy atom. The van der Waals surface area contributed by atoms with E-state index >= 15 is 0 Å². The highest BCUT2D eigenvalue weighted by Crippen LogP contribution is 2.25. The van der Waals surface area contributed by atoms with Gasteiger partial charge in [-0.05, 0) is 31.2 Å². The molecule has 7 heteroatoms. The average molecular weight is 348 g/mol. The smallest absolute Gasteiger partial charge is 0.244 e. The number of anilines is 2. The van der Waals surface area contributed by atoms with E-state index in [4.69, 9.17) is 4.74 Å². The molecule has 0 spiro atoms. The van der Waals surface area contributed by atoms with E-state index in [0.717, 1.165) is 24.0 Å².